The number of esters is 1. The fourth-order valence-corrected chi connectivity index (χ4v) is 2.94. The minimum atomic E-state index is -2.39. The maximum Gasteiger partial charge on any atom is 0.311 e. The largest absolute Gasteiger partial charge is 0.496 e. The Hall–Kier alpha value is -3.99. The molecule has 184 valence electrons. The molecule has 0 heterocycles. The van der Waals surface area contributed by atoms with Gasteiger partial charge in [-0.2, -0.15) is 8.42 Å². The molecule has 2 aromatic carbocycles. The molecule has 0 aromatic heterocycles. The second kappa shape index (κ2) is 14.2. The SMILES string of the molecule is C=Cc1c(OC)cc(OC)cc1OC.COc1ccc(C=S(=O)=O)cc1OC(=O)CCC(=O)O. The van der Waals surface area contributed by atoms with E-state index >= 15 is 0 Å². The monoisotopic (exact) mass is 494 g/mol. The van der Waals surface area contributed by atoms with Crippen LogP contribution in [0.25, 0.3) is 6.08 Å². The Bertz CT molecular complexity index is 1120. The fraction of sp³-hybridized carbons (Fsp3) is 0.261. The first kappa shape index (κ1) is 28.0. The van der Waals surface area contributed by atoms with E-state index in [2.05, 4.69) is 6.58 Å². The quantitative estimate of drug-likeness (QED) is 0.298. The third kappa shape index (κ3) is 8.87. The standard InChI is InChI=1S/C12H12O7S.C11H14O3/c1-18-9-3-2-8(7-20(16)17)6-10(9)19-12(15)5-4-11(13)14;1-5-9-10(13-3)6-8(12-2)7-11(9)14-4/h2-3,6-7H,4-5H2,1H3,(H,13,14);5-7H,1H2,2-4H3. The molecule has 0 amide bonds. The Balaban J connectivity index is 0.000000362. The van der Waals surface area contributed by atoms with Crippen LogP contribution in [-0.2, 0) is 19.9 Å². The number of carboxylic acid groups (broad SMARTS) is 1. The van der Waals surface area contributed by atoms with Crippen molar-refractivity contribution in [2.24, 2.45) is 0 Å². The van der Waals surface area contributed by atoms with Crippen molar-refractivity contribution in [3.05, 3.63) is 48.0 Å². The normalized spacial score (nSPS) is 9.53. The lowest BCUT2D eigenvalue weighted by Gasteiger charge is -2.11. The third-order valence-electron chi connectivity index (χ3n) is 4.14. The summed E-state index contributed by atoms with van der Waals surface area (Å²) in [5.41, 5.74) is 1.14. The number of aliphatic carboxylic acids is 1. The van der Waals surface area contributed by atoms with E-state index in [9.17, 15) is 18.0 Å². The first-order valence-electron chi connectivity index (χ1n) is 9.64. The van der Waals surface area contributed by atoms with Gasteiger partial charge < -0.3 is 28.8 Å². The molecule has 0 aliphatic heterocycles. The first-order valence-corrected chi connectivity index (χ1v) is 10.8. The van der Waals surface area contributed by atoms with Gasteiger partial charge in [-0.25, -0.2) is 0 Å². The summed E-state index contributed by atoms with van der Waals surface area (Å²) in [6.45, 7) is 3.70. The van der Waals surface area contributed by atoms with E-state index in [-0.39, 0.29) is 24.3 Å². The van der Waals surface area contributed by atoms with Crippen LogP contribution in [-0.4, -0.2) is 59.3 Å². The summed E-state index contributed by atoms with van der Waals surface area (Å²) in [7, 11) is 3.77. The summed E-state index contributed by atoms with van der Waals surface area (Å²) in [6, 6.07) is 7.81. The molecule has 1 N–H and O–H groups in total. The maximum atomic E-state index is 11.4. The van der Waals surface area contributed by atoms with Crippen LogP contribution >= 0.6 is 0 Å². The van der Waals surface area contributed by atoms with Crippen LogP contribution in [0.5, 0.6) is 28.7 Å². The average Bonchev–Trinajstić information content (AvgIpc) is 2.81. The topological polar surface area (TPSA) is 135 Å². The van der Waals surface area contributed by atoms with Crippen LogP contribution in [0.15, 0.2) is 36.9 Å². The minimum absolute atomic E-state index is 0.0297. The molecule has 0 unspecified atom stereocenters. The molecule has 34 heavy (non-hydrogen) atoms. The van der Waals surface area contributed by atoms with Crippen LogP contribution in [0.3, 0.4) is 0 Å². The molecule has 0 bridgehead atoms. The zero-order valence-electron chi connectivity index (χ0n) is 19.2. The van der Waals surface area contributed by atoms with Crippen molar-refractivity contribution in [3.8, 4) is 28.7 Å². The van der Waals surface area contributed by atoms with Crippen molar-refractivity contribution in [1.29, 1.82) is 0 Å². The second-order valence-electron chi connectivity index (χ2n) is 6.31. The zero-order valence-corrected chi connectivity index (χ0v) is 20.0. The number of hydrogen-bond acceptors (Lipinski definition) is 9. The van der Waals surface area contributed by atoms with Crippen LogP contribution in [0.4, 0.5) is 0 Å². The Morgan fingerprint density at radius 2 is 1.47 bits per heavy atom. The molecule has 2 rings (SSSR count). The molecule has 0 saturated carbocycles. The highest BCUT2D eigenvalue weighted by Gasteiger charge is 2.12. The highest BCUT2D eigenvalue weighted by molar-refractivity contribution is 7.71. The molecule has 0 spiro atoms. The lowest BCUT2D eigenvalue weighted by molar-refractivity contribution is -0.142. The van der Waals surface area contributed by atoms with Crippen molar-refractivity contribution < 1.29 is 46.8 Å². The number of hydrogen-bond donors (Lipinski definition) is 1. The molecule has 10 nitrogen and oxygen atoms in total. The number of methoxy groups -OCH3 is 4. The van der Waals surface area contributed by atoms with E-state index in [1.165, 1.54) is 25.3 Å². The predicted molar refractivity (Wildman–Crippen MR) is 126 cm³/mol. The highest BCUT2D eigenvalue weighted by atomic mass is 32.2. The van der Waals surface area contributed by atoms with Crippen molar-refractivity contribution in [3.63, 3.8) is 0 Å². The molecule has 0 saturated heterocycles. The summed E-state index contributed by atoms with van der Waals surface area (Å²) in [5, 5.41) is 9.40. The van der Waals surface area contributed by atoms with Crippen molar-refractivity contribution in [1.82, 2.24) is 0 Å². The van der Waals surface area contributed by atoms with Crippen LogP contribution in [0.2, 0.25) is 0 Å². The van der Waals surface area contributed by atoms with Gasteiger partial charge in [-0.05, 0) is 17.7 Å². The summed E-state index contributed by atoms with van der Waals surface area (Å²) in [4.78, 5) is 21.8. The predicted octanol–water partition coefficient (Wildman–Crippen LogP) is 2.85. The molecule has 11 heteroatoms. The molecule has 0 aliphatic rings. The van der Waals surface area contributed by atoms with Gasteiger partial charge in [-0.1, -0.05) is 18.7 Å². The van der Waals surface area contributed by atoms with Gasteiger partial charge in [-0.15, -0.1) is 0 Å². The Labute approximate surface area is 198 Å². The van der Waals surface area contributed by atoms with Gasteiger partial charge in [0.1, 0.15) is 17.2 Å². The Morgan fingerprint density at radius 1 is 0.882 bits per heavy atom. The van der Waals surface area contributed by atoms with E-state index in [0.29, 0.717) is 22.8 Å². The molecule has 0 atom stereocenters. The van der Waals surface area contributed by atoms with E-state index in [4.69, 9.17) is 28.8 Å². The summed E-state index contributed by atoms with van der Waals surface area (Å²) < 4.78 is 46.6. The van der Waals surface area contributed by atoms with Gasteiger partial charge >= 0.3 is 11.9 Å². The summed E-state index contributed by atoms with van der Waals surface area (Å²) in [5.74, 6) is 0.491. The molecule has 0 fully saturated rings. The van der Waals surface area contributed by atoms with Gasteiger partial charge in [-0.3, -0.25) is 9.59 Å². The number of rotatable bonds is 10. The molecular formula is C23H26O10S. The molecule has 0 radical (unpaired) electrons. The number of benzene rings is 2. The minimum Gasteiger partial charge on any atom is -0.496 e. The van der Waals surface area contributed by atoms with E-state index in [1.54, 1.807) is 39.5 Å². The average molecular weight is 495 g/mol. The smallest absolute Gasteiger partial charge is 0.311 e. The van der Waals surface area contributed by atoms with Crippen LogP contribution in [0.1, 0.15) is 24.0 Å². The molecular weight excluding hydrogens is 468 g/mol. The Kier molecular flexibility index (Phi) is 11.7. The first-order chi connectivity index (χ1) is 16.2. The van der Waals surface area contributed by atoms with Gasteiger partial charge in [0.05, 0.1) is 52.2 Å². The summed E-state index contributed by atoms with van der Waals surface area (Å²) in [6.07, 6.45) is 1.05. The fourth-order valence-electron chi connectivity index (χ4n) is 2.57. The Morgan fingerprint density at radius 3 is 1.91 bits per heavy atom. The second-order valence-corrected chi connectivity index (χ2v) is 7.06. The third-order valence-corrected chi connectivity index (χ3v) is 4.61. The van der Waals surface area contributed by atoms with E-state index in [1.807, 2.05) is 0 Å². The van der Waals surface area contributed by atoms with Crippen molar-refractivity contribution in [2.75, 3.05) is 28.4 Å². The van der Waals surface area contributed by atoms with Gasteiger partial charge in [0.15, 0.2) is 11.5 Å². The molecule has 2 aromatic rings. The molecule has 0 aliphatic carbocycles. The van der Waals surface area contributed by atoms with Crippen LogP contribution in [0, 0.1) is 0 Å². The van der Waals surface area contributed by atoms with Crippen LogP contribution < -0.4 is 23.7 Å². The number of carboxylic acids is 1. The van der Waals surface area contributed by atoms with Crippen molar-refractivity contribution in [2.45, 2.75) is 12.8 Å². The highest BCUT2D eigenvalue weighted by Crippen LogP contribution is 2.34. The lowest BCUT2D eigenvalue weighted by atomic mass is 10.1. The zero-order chi connectivity index (χ0) is 25.7. The van der Waals surface area contributed by atoms with Gasteiger partial charge in [0.2, 0.25) is 10.3 Å². The van der Waals surface area contributed by atoms with Gasteiger partial charge in [0, 0.05) is 12.1 Å². The lowest BCUT2D eigenvalue weighted by Crippen LogP contribution is -2.11. The number of carbonyl (C=O) groups is 2. The number of ether oxygens (including phenoxy) is 5. The van der Waals surface area contributed by atoms with Gasteiger partial charge in [0.25, 0.3) is 0 Å². The summed E-state index contributed by atoms with van der Waals surface area (Å²) >= 11 is 0. The van der Waals surface area contributed by atoms with E-state index < -0.39 is 22.2 Å². The maximum absolute atomic E-state index is 11.4. The number of carbonyl (C=O) groups excluding carboxylic acids is 1. The van der Waals surface area contributed by atoms with Crippen molar-refractivity contribution >= 4 is 33.7 Å². The van der Waals surface area contributed by atoms with E-state index in [0.717, 1.165) is 10.9 Å².